The molecule has 1 amide bonds. The maximum Gasteiger partial charge on any atom is 0.253 e. The number of rotatable bonds is 7. The Kier molecular flexibility index (Phi) is 6.81. The van der Waals surface area contributed by atoms with Gasteiger partial charge in [-0.3, -0.25) is 9.78 Å². The molecule has 2 fully saturated rings. The lowest BCUT2D eigenvalue weighted by molar-refractivity contribution is -0.0956. The van der Waals surface area contributed by atoms with Gasteiger partial charge in [0.25, 0.3) is 5.91 Å². The molecule has 1 aromatic heterocycles. The fourth-order valence-electron chi connectivity index (χ4n) is 3.88. The molecule has 30 heavy (non-hydrogen) atoms. The molecule has 2 aliphatic rings. The minimum atomic E-state index is -0.108. The Balaban J connectivity index is 1.39. The normalized spacial score (nSPS) is 17.8. The molecule has 2 saturated heterocycles. The molecule has 7 nitrogen and oxygen atoms in total. The third kappa shape index (κ3) is 4.91. The second-order valence-electron chi connectivity index (χ2n) is 7.48. The van der Waals surface area contributed by atoms with Gasteiger partial charge in [0.05, 0.1) is 19.8 Å². The monoisotopic (exact) mass is 412 g/mol. The van der Waals surface area contributed by atoms with Crippen molar-refractivity contribution in [1.29, 1.82) is 0 Å². The van der Waals surface area contributed by atoms with E-state index < -0.39 is 0 Å². The molecule has 0 unspecified atom stereocenters. The number of carbonyl (C=O) groups is 1. The van der Waals surface area contributed by atoms with Gasteiger partial charge in [0.2, 0.25) is 0 Å². The van der Waals surface area contributed by atoms with E-state index in [2.05, 4.69) is 4.98 Å². The van der Waals surface area contributed by atoms with Crippen LogP contribution in [0.2, 0.25) is 0 Å². The molecule has 0 spiro atoms. The first kappa shape index (κ1) is 20.6. The Morgan fingerprint density at radius 3 is 2.63 bits per heavy atom. The fourth-order valence-corrected chi connectivity index (χ4v) is 3.88. The highest BCUT2D eigenvalue weighted by atomic mass is 16.7. The molecule has 0 radical (unpaired) electrons. The Morgan fingerprint density at radius 1 is 1.13 bits per heavy atom. The summed E-state index contributed by atoms with van der Waals surface area (Å²) in [4.78, 5) is 19.0. The Labute approximate surface area is 176 Å². The van der Waals surface area contributed by atoms with E-state index in [4.69, 9.17) is 18.9 Å². The number of pyridine rings is 1. The second-order valence-corrected chi connectivity index (χ2v) is 7.48. The Hall–Kier alpha value is -2.64. The predicted molar refractivity (Wildman–Crippen MR) is 110 cm³/mol. The number of nitrogens with zero attached hydrogens (tertiary/aromatic N) is 2. The number of aromatic nitrogens is 1. The first-order chi connectivity index (χ1) is 14.7. The third-order valence-electron chi connectivity index (χ3n) is 5.47. The maximum atomic E-state index is 13.0. The molecule has 4 rings (SSSR count). The van der Waals surface area contributed by atoms with E-state index in [1.165, 1.54) is 0 Å². The molecule has 0 atom stereocenters. The van der Waals surface area contributed by atoms with Gasteiger partial charge < -0.3 is 23.8 Å². The van der Waals surface area contributed by atoms with Gasteiger partial charge in [-0.15, -0.1) is 0 Å². The molecule has 0 bridgehead atoms. The van der Waals surface area contributed by atoms with E-state index in [0.717, 1.165) is 18.4 Å². The van der Waals surface area contributed by atoms with E-state index in [0.29, 0.717) is 62.5 Å². The van der Waals surface area contributed by atoms with Crippen molar-refractivity contribution in [2.75, 3.05) is 32.9 Å². The van der Waals surface area contributed by atoms with Gasteiger partial charge in [0.1, 0.15) is 6.61 Å². The summed E-state index contributed by atoms with van der Waals surface area (Å²) in [6, 6.07) is 9.22. The molecule has 2 aliphatic heterocycles. The summed E-state index contributed by atoms with van der Waals surface area (Å²) in [7, 11) is 0. The van der Waals surface area contributed by atoms with Crippen LogP contribution in [-0.4, -0.2) is 55.0 Å². The highest BCUT2D eigenvalue weighted by Crippen LogP contribution is 2.31. The average Bonchev–Trinajstić information content (AvgIpc) is 3.34. The van der Waals surface area contributed by atoms with Gasteiger partial charge in [-0.05, 0) is 44.0 Å². The molecule has 3 heterocycles. The zero-order chi connectivity index (χ0) is 20.8. The van der Waals surface area contributed by atoms with Crippen molar-refractivity contribution < 1.29 is 23.7 Å². The topological polar surface area (TPSA) is 70.1 Å². The molecule has 0 aliphatic carbocycles. The largest absolute Gasteiger partial charge is 0.490 e. The number of piperidine rings is 1. The number of ether oxygens (including phenoxy) is 4. The zero-order valence-corrected chi connectivity index (χ0v) is 17.3. The standard InChI is InChI=1S/C23H28N2O5/c1-2-27-21-14-19(5-6-20(21)30-16-17-4-3-9-24-15-17)22(26)25-10-7-18(8-11-25)23-28-12-13-29-23/h3-6,9,14-15,18,23H,2,7-8,10-13,16H2,1H3. The minimum absolute atomic E-state index is 0.0153. The SMILES string of the molecule is CCOc1cc(C(=O)N2CCC(C3OCCO3)CC2)ccc1OCc1cccnc1. The van der Waals surface area contributed by atoms with Gasteiger partial charge in [-0.25, -0.2) is 0 Å². The van der Waals surface area contributed by atoms with E-state index in [9.17, 15) is 4.79 Å². The van der Waals surface area contributed by atoms with Crippen LogP contribution in [0.1, 0.15) is 35.7 Å². The van der Waals surface area contributed by atoms with Crippen LogP contribution >= 0.6 is 0 Å². The van der Waals surface area contributed by atoms with Crippen LogP contribution in [0.4, 0.5) is 0 Å². The van der Waals surface area contributed by atoms with Crippen LogP contribution in [0.25, 0.3) is 0 Å². The van der Waals surface area contributed by atoms with E-state index in [-0.39, 0.29) is 12.2 Å². The quantitative estimate of drug-likeness (QED) is 0.695. The van der Waals surface area contributed by atoms with Crippen LogP contribution in [0, 0.1) is 5.92 Å². The van der Waals surface area contributed by atoms with E-state index >= 15 is 0 Å². The molecule has 0 saturated carbocycles. The summed E-state index contributed by atoms with van der Waals surface area (Å²) in [6.07, 6.45) is 5.17. The van der Waals surface area contributed by atoms with Crippen molar-refractivity contribution in [2.45, 2.75) is 32.7 Å². The summed E-state index contributed by atoms with van der Waals surface area (Å²) in [5.41, 5.74) is 1.58. The smallest absolute Gasteiger partial charge is 0.253 e. The van der Waals surface area contributed by atoms with E-state index in [1.54, 1.807) is 24.5 Å². The minimum Gasteiger partial charge on any atom is -0.490 e. The Morgan fingerprint density at radius 2 is 1.93 bits per heavy atom. The number of likely N-dealkylation sites (tertiary alicyclic amines) is 1. The van der Waals surface area contributed by atoms with Crippen molar-refractivity contribution in [2.24, 2.45) is 5.92 Å². The molecular weight excluding hydrogens is 384 g/mol. The van der Waals surface area contributed by atoms with Gasteiger partial charge in [-0.2, -0.15) is 0 Å². The lowest BCUT2D eigenvalue weighted by Gasteiger charge is -2.34. The molecule has 7 heteroatoms. The maximum absolute atomic E-state index is 13.0. The molecule has 2 aromatic rings. The number of hydrogen-bond acceptors (Lipinski definition) is 6. The summed E-state index contributed by atoms with van der Waals surface area (Å²) in [6.45, 7) is 5.54. The highest BCUT2D eigenvalue weighted by Gasteiger charge is 2.32. The van der Waals surface area contributed by atoms with E-state index in [1.807, 2.05) is 30.0 Å². The first-order valence-electron chi connectivity index (χ1n) is 10.6. The Bertz CT molecular complexity index is 831. The molecule has 0 N–H and O–H groups in total. The average molecular weight is 412 g/mol. The first-order valence-corrected chi connectivity index (χ1v) is 10.6. The molecule has 160 valence electrons. The number of amides is 1. The number of hydrogen-bond donors (Lipinski definition) is 0. The summed E-state index contributed by atoms with van der Waals surface area (Å²) in [5.74, 6) is 1.57. The summed E-state index contributed by atoms with van der Waals surface area (Å²) >= 11 is 0. The summed E-state index contributed by atoms with van der Waals surface area (Å²) < 4.78 is 22.9. The van der Waals surface area contributed by atoms with Crippen molar-refractivity contribution in [1.82, 2.24) is 9.88 Å². The van der Waals surface area contributed by atoms with Crippen molar-refractivity contribution in [3.63, 3.8) is 0 Å². The van der Waals surface area contributed by atoms with Crippen molar-refractivity contribution >= 4 is 5.91 Å². The van der Waals surface area contributed by atoms with Crippen LogP contribution in [0.3, 0.4) is 0 Å². The van der Waals surface area contributed by atoms with Gasteiger partial charge >= 0.3 is 0 Å². The van der Waals surface area contributed by atoms with Crippen LogP contribution in [0.5, 0.6) is 11.5 Å². The lowest BCUT2D eigenvalue weighted by atomic mass is 9.95. The fraction of sp³-hybridized carbons (Fsp3) is 0.478. The highest BCUT2D eigenvalue weighted by molar-refractivity contribution is 5.95. The van der Waals surface area contributed by atoms with Crippen LogP contribution < -0.4 is 9.47 Å². The molecular formula is C23H28N2O5. The van der Waals surface area contributed by atoms with Crippen LogP contribution in [0.15, 0.2) is 42.7 Å². The summed E-state index contributed by atoms with van der Waals surface area (Å²) in [5, 5.41) is 0. The van der Waals surface area contributed by atoms with Crippen LogP contribution in [-0.2, 0) is 16.1 Å². The third-order valence-corrected chi connectivity index (χ3v) is 5.47. The second kappa shape index (κ2) is 9.91. The van der Waals surface area contributed by atoms with Crippen molar-refractivity contribution in [3.8, 4) is 11.5 Å². The molecule has 1 aromatic carbocycles. The van der Waals surface area contributed by atoms with Gasteiger partial charge in [-0.1, -0.05) is 6.07 Å². The van der Waals surface area contributed by atoms with Gasteiger partial charge in [0.15, 0.2) is 17.8 Å². The predicted octanol–water partition coefficient (Wildman–Crippen LogP) is 3.28. The number of carbonyl (C=O) groups excluding carboxylic acids is 1. The lowest BCUT2D eigenvalue weighted by Crippen LogP contribution is -2.41. The van der Waals surface area contributed by atoms with Gasteiger partial charge in [0, 0.05) is 42.5 Å². The van der Waals surface area contributed by atoms with Crippen molar-refractivity contribution in [3.05, 3.63) is 53.9 Å². The number of benzene rings is 1. The zero-order valence-electron chi connectivity index (χ0n) is 17.3.